The predicted molar refractivity (Wildman–Crippen MR) is 150 cm³/mol. The Labute approximate surface area is 226 Å². The highest BCUT2D eigenvalue weighted by Crippen LogP contribution is 2.27. The molecule has 0 aliphatic rings. The van der Waals surface area contributed by atoms with Crippen molar-refractivity contribution in [3.63, 3.8) is 0 Å². The topological polar surface area (TPSA) is 121 Å². The number of rotatable bonds is 8. The van der Waals surface area contributed by atoms with Gasteiger partial charge in [-0.2, -0.15) is 0 Å². The van der Waals surface area contributed by atoms with Gasteiger partial charge in [0.05, 0.1) is 26.2 Å². The van der Waals surface area contributed by atoms with Gasteiger partial charge in [0.15, 0.2) is 0 Å². The molecular weight excluding hydrogens is 546 g/mol. The van der Waals surface area contributed by atoms with E-state index >= 15 is 0 Å². The van der Waals surface area contributed by atoms with Crippen LogP contribution in [0.2, 0.25) is 5.02 Å². The van der Waals surface area contributed by atoms with E-state index in [4.69, 9.17) is 11.6 Å². The van der Waals surface area contributed by atoms with Crippen molar-refractivity contribution in [2.75, 3.05) is 14.8 Å². The van der Waals surface area contributed by atoms with Crippen molar-refractivity contribution < 1.29 is 21.6 Å². The standard InChI is InChI=1S/C27H24ClN3O5S2/c1-18-8-14-25(19(2)16-18)30-38(35,36)23-12-10-21(11-13-23)29-27(32)20-9-15-26(24(28)17-20)31-37(33,34)22-6-4-3-5-7-22/h3-17,30-31H,1-2H3,(H,29,32). The third-order valence-electron chi connectivity index (χ3n) is 5.58. The van der Waals surface area contributed by atoms with Crippen molar-refractivity contribution in [3.05, 3.63) is 113 Å². The second kappa shape index (κ2) is 10.9. The van der Waals surface area contributed by atoms with Crippen LogP contribution in [0.4, 0.5) is 17.1 Å². The second-order valence-corrected chi connectivity index (χ2v) is 12.3. The number of anilines is 3. The van der Waals surface area contributed by atoms with Gasteiger partial charge in [-0.1, -0.05) is 47.5 Å². The minimum atomic E-state index is -3.85. The molecule has 8 nitrogen and oxygen atoms in total. The molecule has 0 radical (unpaired) electrons. The molecule has 1 amide bonds. The lowest BCUT2D eigenvalue weighted by Gasteiger charge is -2.12. The van der Waals surface area contributed by atoms with Gasteiger partial charge >= 0.3 is 0 Å². The van der Waals surface area contributed by atoms with Gasteiger partial charge in [-0.05, 0) is 80.1 Å². The van der Waals surface area contributed by atoms with Crippen LogP contribution in [0.25, 0.3) is 0 Å². The van der Waals surface area contributed by atoms with E-state index in [-0.39, 0.29) is 26.1 Å². The summed E-state index contributed by atoms with van der Waals surface area (Å²) in [5.41, 5.74) is 2.98. The first-order valence-corrected chi connectivity index (χ1v) is 14.7. The van der Waals surface area contributed by atoms with Crippen molar-refractivity contribution in [2.24, 2.45) is 0 Å². The van der Waals surface area contributed by atoms with Gasteiger partial charge in [-0.25, -0.2) is 16.8 Å². The maximum Gasteiger partial charge on any atom is 0.261 e. The second-order valence-electron chi connectivity index (χ2n) is 8.52. The SMILES string of the molecule is Cc1ccc(NS(=O)(=O)c2ccc(NC(=O)c3ccc(NS(=O)(=O)c4ccccc4)c(Cl)c3)cc2)c(C)c1. The molecule has 4 aromatic rings. The minimum Gasteiger partial charge on any atom is -0.322 e. The summed E-state index contributed by atoms with van der Waals surface area (Å²) in [6, 6.07) is 23.1. The highest BCUT2D eigenvalue weighted by molar-refractivity contribution is 7.93. The molecule has 0 aromatic heterocycles. The van der Waals surface area contributed by atoms with E-state index in [9.17, 15) is 21.6 Å². The Bertz CT molecular complexity index is 1710. The lowest BCUT2D eigenvalue weighted by Crippen LogP contribution is -2.15. The maximum absolute atomic E-state index is 12.8. The van der Waals surface area contributed by atoms with Crippen LogP contribution in [0, 0.1) is 13.8 Å². The molecule has 0 bridgehead atoms. The van der Waals surface area contributed by atoms with Gasteiger partial charge in [-0.15, -0.1) is 0 Å². The van der Waals surface area contributed by atoms with Crippen LogP contribution in [-0.4, -0.2) is 22.7 Å². The summed E-state index contributed by atoms with van der Waals surface area (Å²) < 4.78 is 55.7. The molecule has 0 aliphatic heterocycles. The van der Waals surface area contributed by atoms with E-state index in [0.717, 1.165) is 11.1 Å². The number of benzene rings is 4. The number of hydrogen-bond acceptors (Lipinski definition) is 5. The van der Waals surface area contributed by atoms with Crippen molar-refractivity contribution >= 4 is 54.6 Å². The van der Waals surface area contributed by atoms with E-state index in [2.05, 4.69) is 14.8 Å². The molecule has 0 spiro atoms. The van der Waals surface area contributed by atoms with Crippen LogP contribution in [0.15, 0.2) is 101 Å². The van der Waals surface area contributed by atoms with Gasteiger partial charge in [0.25, 0.3) is 26.0 Å². The average Bonchev–Trinajstić information content (AvgIpc) is 2.87. The number of hydrogen-bond donors (Lipinski definition) is 3. The third kappa shape index (κ3) is 6.34. The van der Waals surface area contributed by atoms with Crippen LogP contribution < -0.4 is 14.8 Å². The quantitative estimate of drug-likeness (QED) is 0.247. The Morgan fingerprint density at radius 3 is 1.87 bits per heavy atom. The zero-order valence-electron chi connectivity index (χ0n) is 20.4. The van der Waals surface area contributed by atoms with Crippen molar-refractivity contribution in [1.29, 1.82) is 0 Å². The van der Waals surface area contributed by atoms with E-state index in [1.165, 1.54) is 54.6 Å². The van der Waals surface area contributed by atoms with Crippen LogP contribution >= 0.6 is 11.6 Å². The molecule has 11 heteroatoms. The molecule has 38 heavy (non-hydrogen) atoms. The monoisotopic (exact) mass is 569 g/mol. The van der Waals surface area contributed by atoms with Crippen molar-refractivity contribution in [1.82, 2.24) is 0 Å². The fourth-order valence-electron chi connectivity index (χ4n) is 3.59. The first-order chi connectivity index (χ1) is 17.9. The molecule has 4 aromatic carbocycles. The Kier molecular flexibility index (Phi) is 7.77. The lowest BCUT2D eigenvalue weighted by atomic mass is 10.1. The summed E-state index contributed by atoms with van der Waals surface area (Å²) >= 11 is 6.25. The fourth-order valence-corrected chi connectivity index (χ4v) is 6.11. The smallest absolute Gasteiger partial charge is 0.261 e. The Hall–Kier alpha value is -3.86. The Morgan fingerprint density at radius 2 is 1.26 bits per heavy atom. The molecule has 0 saturated heterocycles. The number of nitrogens with one attached hydrogen (secondary N) is 3. The van der Waals surface area contributed by atoms with Gasteiger partial charge < -0.3 is 5.32 Å². The molecule has 196 valence electrons. The highest BCUT2D eigenvalue weighted by Gasteiger charge is 2.18. The van der Waals surface area contributed by atoms with Gasteiger partial charge in [0.2, 0.25) is 0 Å². The number of carbonyl (C=O) groups excluding carboxylic acids is 1. The number of aryl methyl sites for hydroxylation is 2. The molecule has 0 unspecified atom stereocenters. The number of sulfonamides is 2. The van der Waals surface area contributed by atoms with E-state index in [1.54, 1.807) is 24.3 Å². The molecular formula is C27H24ClN3O5S2. The predicted octanol–water partition coefficient (Wildman–Crippen LogP) is 5.81. The van der Waals surface area contributed by atoms with Gasteiger partial charge in [-0.3, -0.25) is 14.2 Å². The minimum absolute atomic E-state index is 0.0357. The first kappa shape index (κ1) is 27.2. The molecule has 0 heterocycles. The third-order valence-corrected chi connectivity index (χ3v) is 8.65. The first-order valence-electron chi connectivity index (χ1n) is 11.3. The van der Waals surface area contributed by atoms with Crippen LogP contribution in [0.1, 0.15) is 21.5 Å². The van der Waals surface area contributed by atoms with Gasteiger partial charge in [0.1, 0.15) is 0 Å². The Balaban J connectivity index is 1.44. The van der Waals surface area contributed by atoms with Crippen molar-refractivity contribution in [3.8, 4) is 0 Å². The molecule has 4 rings (SSSR count). The highest BCUT2D eigenvalue weighted by atomic mass is 35.5. The summed E-state index contributed by atoms with van der Waals surface area (Å²) in [5, 5.41) is 2.71. The lowest BCUT2D eigenvalue weighted by molar-refractivity contribution is 0.102. The average molecular weight is 570 g/mol. The molecule has 0 atom stereocenters. The van der Waals surface area contributed by atoms with Crippen LogP contribution in [0.5, 0.6) is 0 Å². The summed E-state index contributed by atoms with van der Waals surface area (Å²) in [5.74, 6) is -0.506. The van der Waals surface area contributed by atoms with Crippen LogP contribution in [-0.2, 0) is 20.0 Å². The number of carbonyl (C=O) groups is 1. The van der Waals surface area contributed by atoms with E-state index in [1.807, 2.05) is 26.0 Å². The normalized spacial score (nSPS) is 11.6. The molecule has 3 N–H and O–H groups in total. The summed E-state index contributed by atoms with van der Waals surface area (Å²) in [6.07, 6.45) is 0. The van der Waals surface area contributed by atoms with Crippen molar-refractivity contribution in [2.45, 2.75) is 23.6 Å². The number of halogens is 1. The molecule has 0 fully saturated rings. The number of amides is 1. The summed E-state index contributed by atoms with van der Waals surface area (Å²) in [6.45, 7) is 3.74. The Morgan fingerprint density at radius 1 is 0.684 bits per heavy atom. The zero-order valence-corrected chi connectivity index (χ0v) is 22.8. The van der Waals surface area contributed by atoms with Crippen LogP contribution in [0.3, 0.4) is 0 Å². The fraction of sp³-hybridized carbons (Fsp3) is 0.0741. The van der Waals surface area contributed by atoms with E-state index < -0.39 is 26.0 Å². The zero-order chi connectivity index (χ0) is 27.5. The molecule has 0 aliphatic carbocycles. The summed E-state index contributed by atoms with van der Waals surface area (Å²) in [4.78, 5) is 12.8. The van der Waals surface area contributed by atoms with Gasteiger partial charge in [0, 0.05) is 11.3 Å². The molecule has 0 saturated carbocycles. The summed E-state index contributed by atoms with van der Waals surface area (Å²) in [7, 11) is -7.68. The van der Waals surface area contributed by atoms with E-state index in [0.29, 0.717) is 11.4 Å². The largest absolute Gasteiger partial charge is 0.322 e. The maximum atomic E-state index is 12.8.